The molecule has 0 saturated carbocycles. The highest BCUT2D eigenvalue weighted by Crippen LogP contribution is 2.35. The van der Waals surface area contributed by atoms with Gasteiger partial charge in [-0.2, -0.15) is 13.2 Å². The maximum absolute atomic E-state index is 12.3. The number of nitrogens with one attached hydrogen (secondary N) is 2. The van der Waals surface area contributed by atoms with E-state index in [9.17, 15) is 32.7 Å². The predicted molar refractivity (Wildman–Crippen MR) is 133 cm³/mol. The molecule has 3 atom stereocenters. The van der Waals surface area contributed by atoms with E-state index in [-0.39, 0.29) is 44.3 Å². The van der Waals surface area contributed by atoms with Crippen LogP contribution in [0.1, 0.15) is 32.1 Å². The molecule has 0 spiro atoms. The SMILES string of the molecule is C=CCOC1C[C@H](n2cc(C#CCOCSSC(C)(C)CNC(=O)C(F)(F)F)c(=O)[nH]c2=O)O[C@@H]1CO. The Morgan fingerprint density at radius 3 is 2.81 bits per heavy atom. The normalized spacial score (nSPS) is 19.8. The van der Waals surface area contributed by atoms with Crippen molar-refractivity contribution >= 4 is 27.5 Å². The smallest absolute Gasteiger partial charge is 0.394 e. The summed E-state index contributed by atoms with van der Waals surface area (Å²) in [6.45, 7) is 6.61. The molecule has 1 aromatic rings. The van der Waals surface area contributed by atoms with Crippen LogP contribution in [0, 0.1) is 11.8 Å². The first-order valence-corrected chi connectivity index (χ1v) is 13.3. The number of hydrogen-bond acceptors (Lipinski definition) is 9. The maximum Gasteiger partial charge on any atom is 0.471 e. The second kappa shape index (κ2) is 14.1. The van der Waals surface area contributed by atoms with Crippen LogP contribution in [-0.4, -0.2) is 76.0 Å². The molecule has 1 fully saturated rings. The van der Waals surface area contributed by atoms with E-state index in [1.807, 2.05) is 5.32 Å². The zero-order chi connectivity index (χ0) is 27.6. The van der Waals surface area contributed by atoms with Crippen LogP contribution >= 0.6 is 21.6 Å². The molecule has 206 valence electrons. The van der Waals surface area contributed by atoms with Gasteiger partial charge in [-0.05, 0) is 13.8 Å². The number of hydrogen-bond donors (Lipinski definition) is 3. The van der Waals surface area contributed by atoms with Crippen LogP contribution in [0.15, 0.2) is 28.4 Å². The highest BCUT2D eigenvalue weighted by Gasteiger charge is 2.39. The molecule has 1 unspecified atom stereocenters. The number of aromatic nitrogens is 2. The Bertz CT molecular complexity index is 1110. The van der Waals surface area contributed by atoms with Gasteiger partial charge in [-0.1, -0.05) is 39.5 Å². The third-order valence-corrected chi connectivity index (χ3v) is 7.78. The van der Waals surface area contributed by atoms with Crippen molar-refractivity contribution in [2.45, 2.75) is 49.6 Å². The van der Waals surface area contributed by atoms with Crippen LogP contribution in [0.3, 0.4) is 0 Å². The van der Waals surface area contributed by atoms with Gasteiger partial charge in [0, 0.05) is 23.9 Å². The number of carbonyl (C=O) groups is 1. The zero-order valence-corrected chi connectivity index (χ0v) is 21.8. The molecule has 1 saturated heterocycles. The highest BCUT2D eigenvalue weighted by atomic mass is 33.1. The second-order valence-corrected chi connectivity index (χ2v) is 11.3. The fourth-order valence-corrected chi connectivity index (χ4v) is 5.19. The molecule has 1 aliphatic heterocycles. The molecule has 10 nitrogen and oxygen atoms in total. The molecule has 1 aromatic heterocycles. The van der Waals surface area contributed by atoms with Gasteiger partial charge in [0.15, 0.2) is 0 Å². The lowest BCUT2D eigenvalue weighted by Crippen LogP contribution is -2.42. The van der Waals surface area contributed by atoms with Gasteiger partial charge in [0.2, 0.25) is 0 Å². The molecular weight excluding hydrogens is 539 g/mol. The molecule has 0 radical (unpaired) electrons. The van der Waals surface area contributed by atoms with Crippen molar-refractivity contribution in [1.29, 1.82) is 0 Å². The Morgan fingerprint density at radius 2 is 2.16 bits per heavy atom. The fraction of sp³-hybridized carbons (Fsp3) is 0.591. The minimum atomic E-state index is -4.93. The quantitative estimate of drug-likeness (QED) is 0.113. The van der Waals surface area contributed by atoms with Crippen molar-refractivity contribution in [2.75, 3.05) is 32.3 Å². The van der Waals surface area contributed by atoms with Crippen molar-refractivity contribution in [3.05, 3.63) is 45.3 Å². The van der Waals surface area contributed by atoms with Crippen LogP contribution in [0.25, 0.3) is 0 Å². The number of alkyl halides is 3. The lowest BCUT2D eigenvalue weighted by Gasteiger charge is -2.23. The largest absolute Gasteiger partial charge is 0.471 e. The molecule has 2 rings (SSSR count). The maximum atomic E-state index is 12.3. The second-order valence-electron chi connectivity index (χ2n) is 8.33. The van der Waals surface area contributed by atoms with Crippen molar-refractivity contribution < 1.29 is 37.3 Å². The van der Waals surface area contributed by atoms with Crippen molar-refractivity contribution in [3.63, 3.8) is 0 Å². The van der Waals surface area contributed by atoms with Crippen molar-refractivity contribution in [1.82, 2.24) is 14.9 Å². The topological polar surface area (TPSA) is 132 Å². The molecule has 15 heteroatoms. The Labute approximate surface area is 218 Å². The van der Waals surface area contributed by atoms with E-state index in [1.54, 1.807) is 19.9 Å². The predicted octanol–water partition coefficient (Wildman–Crippen LogP) is 1.55. The standard InChI is InChI=1S/C22H28F3N3O7S2/c1-4-7-34-15-9-17(35-16(15)11-29)28-10-14(18(30)27-20(28)32)6-5-8-33-13-36-37-21(2,3)12-26-19(31)22(23,24)25/h4,10,15-17,29H,1,7-9,11-13H2,2-3H3,(H,26,31)(H,27,30,32)/t15?,16-,17-/m1/s1. The van der Waals surface area contributed by atoms with Crippen molar-refractivity contribution in [2.24, 2.45) is 0 Å². The minimum Gasteiger partial charge on any atom is -0.394 e. The Hall–Kier alpha value is -2.22. The molecule has 2 heterocycles. The van der Waals surface area contributed by atoms with Crippen LogP contribution < -0.4 is 16.6 Å². The minimum absolute atomic E-state index is 0.00590. The number of aromatic amines is 1. The van der Waals surface area contributed by atoms with Gasteiger partial charge in [0.25, 0.3) is 5.56 Å². The van der Waals surface area contributed by atoms with Gasteiger partial charge in [-0.3, -0.25) is 19.1 Å². The molecule has 0 bridgehead atoms. The first-order chi connectivity index (χ1) is 17.4. The first kappa shape index (κ1) is 31.0. The number of nitrogens with zero attached hydrogens (tertiary/aromatic N) is 1. The highest BCUT2D eigenvalue weighted by molar-refractivity contribution is 8.77. The van der Waals surface area contributed by atoms with Crippen LogP contribution in [0.2, 0.25) is 0 Å². The summed E-state index contributed by atoms with van der Waals surface area (Å²) in [5, 5.41) is 11.4. The number of amides is 1. The van der Waals surface area contributed by atoms with Gasteiger partial charge >= 0.3 is 17.8 Å². The van der Waals surface area contributed by atoms with E-state index < -0.39 is 46.5 Å². The molecule has 0 aliphatic carbocycles. The number of carbonyl (C=O) groups excluding carboxylic acids is 1. The van der Waals surface area contributed by atoms with E-state index in [2.05, 4.69) is 23.4 Å². The fourth-order valence-electron chi connectivity index (χ4n) is 3.05. The Balaban J connectivity index is 1.87. The molecular formula is C22H28F3N3O7S2. The van der Waals surface area contributed by atoms with E-state index in [0.29, 0.717) is 0 Å². The van der Waals surface area contributed by atoms with E-state index in [0.717, 1.165) is 0 Å². The summed E-state index contributed by atoms with van der Waals surface area (Å²) in [7, 11) is 2.46. The van der Waals surface area contributed by atoms with Crippen LogP contribution in [-0.2, 0) is 19.0 Å². The van der Waals surface area contributed by atoms with Crippen molar-refractivity contribution in [3.8, 4) is 11.8 Å². The van der Waals surface area contributed by atoms with Gasteiger partial charge < -0.3 is 24.6 Å². The Morgan fingerprint density at radius 1 is 1.43 bits per heavy atom. The Kier molecular flexibility index (Phi) is 11.8. The molecule has 37 heavy (non-hydrogen) atoms. The first-order valence-electron chi connectivity index (χ1n) is 10.9. The number of rotatable bonds is 12. The molecule has 0 aromatic carbocycles. The van der Waals surface area contributed by atoms with Gasteiger partial charge in [0.1, 0.15) is 30.4 Å². The summed E-state index contributed by atoms with van der Waals surface area (Å²) < 4.78 is 54.0. The van der Waals surface area contributed by atoms with E-state index >= 15 is 0 Å². The average molecular weight is 568 g/mol. The summed E-state index contributed by atoms with van der Waals surface area (Å²) in [6.07, 6.45) is -3.72. The van der Waals surface area contributed by atoms with Crippen LogP contribution in [0.5, 0.6) is 0 Å². The summed E-state index contributed by atoms with van der Waals surface area (Å²) in [5.74, 6) is 3.45. The number of H-pyrrole nitrogens is 1. The number of halogens is 3. The lowest BCUT2D eigenvalue weighted by molar-refractivity contribution is -0.173. The number of aliphatic hydroxyl groups is 1. The van der Waals surface area contributed by atoms with E-state index in [4.69, 9.17) is 14.2 Å². The van der Waals surface area contributed by atoms with E-state index in [1.165, 1.54) is 32.4 Å². The summed E-state index contributed by atoms with van der Waals surface area (Å²) in [4.78, 5) is 37.6. The third kappa shape index (κ3) is 9.87. The molecule has 3 N–H and O–H groups in total. The summed E-state index contributed by atoms with van der Waals surface area (Å²) in [5.41, 5.74) is -1.37. The summed E-state index contributed by atoms with van der Waals surface area (Å²) in [6, 6.07) is 0. The third-order valence-electron chi connectivity index (χ3n) is 4.81. The number of aliphatic hydroxyl groups excluding tert-OH is 1. The van der Waals surface area contributed by atoms with Gasteiger partial charge in [0.05, 0.1) is 19.3 Å². The molecule has 1 aliphatic rings. The van der Waals surface area contributed by atoms with Gasteiger partial charge in [-0.15, -0.1) is 6.58 Å². The molecule has 1 amide bonds. The lowest BCUT2D eigenvalue weighted by atomic mass is 10.2. The summed E-state index contributed by atoms with van der Waals surface area (Å²) >= 11 is 0. The average Bonchev–Trinajstić information content (AvgIpc) is 3.24. The van der Waals surface area contributed by atoms with Crippen LogP contribution in [0.4, 0.5) is 13.2 Å². The number of ether oxygens (including phenoxy) is 3. The van der Waals surface area contributed by atoms with Gasteiger partial charge in [-0.25, -0.2) is 4.79 Å². The zero-order valence-electron chi connectivity index (χ0n) is 20.1. The monoisotopic (exact) mass is 567 g/mol.